The van der Waals surface area contributed by atoms with E-state index in [1.807, 2.05) is 30.3 Å². The number of carbonyl (C=O) groups is 3. The summed E-state index contributed by atoms with van der Waals surface area (Å²) in [7, 11) is 0. The number of likely N-dealkylation sites (tertiary alicyclic amines) is 1. The van der Waals surface area contributed by atoms with Crippen LogP contribution >= 0.6 is 0 Å². The first-order chi connectivity index (χ1) is 14.6. The maximum atomic E-state index is 12.7. The third kappa shape index (κ3) is 3.30. The van der Waals surface area contributed by atoms with E-state index in [1.54, 1.807) is 6.20 Å². The van der Waals surface area contributed by atoms with Gasteiger partial charge in [0.15, 0.2) is 0 Å². The van der Waals surface area contributed by atoms with Gasteiger partial charge in [0.1, 0.15) is 0 Å². The molecule has 0 spiro atoms. The smallest absolute Gasteiger partial charge is 0.233 e. The van der Waals surface area contributed by atoms with Crippen molar-refractivity contribution in [1.29, 1.82) is 0 Å². The Bertz CT molecular complexity index is 1020. The maximum Gasteiger partial charge on any atom is 0.233 e. The zero-order valence-electron chi connectivity index (χ0n) is 16.8. The van der Waals surface area contributed by atoms with Crippen LogP contribution < -0.4 is 5.32 Å². The molecule has 2 bridgehead atoms. The number of hydrogen-bond acceptors (Lipinski definition) is 4. The fraction of sp³-hybridized carbons (Fsp3) is 0.417. The third-order valence-electron chi connectivity index (χ3n) is 6.73. The molecule has 3 aliphatic rings. The minimum absolute atomic E-state index is 0.0189. The number of aromatic nitrogens is 1. The molecule has 5 rings (SSSR count). The number of rotatable bonds is 7. The molecular weight excluding hydrogens is 378 g/mol. The van der Waals surface area contributed by atoms with Gasteiger partial charge >= 0.3 is 0 Å². The summed E-state index contributed by atoms with van der Waals surface area (Å²) in [5.41, 5.74) is 1.66. The summed E-state index contributed by atoms with van der Waals surface area (Å²) in [5.74, 6) is 0.303. The van der Waals surface area contributed by atoms with Crippen LogP contribution in [0.25, 0.3) is 10.9 Å². The first-order valence-electron chi connectivity index (χ1n) is 10.8. The van der Waals surface area contributed by atoms with E-state index in [-0.39, 0.29) is 41.4 Å². The van der Waals surface area contributed by atoms with Gasteiger partial charge in [-0.15, -0.1) is 0 Å². The normalized spacial score (nSPS) is 26.6. The molecular formula is C24H25N3O3. The van der Waals surface area contributed by atoms with Crippen molar-refractivity contribution in [2.24, 2.45) is 23.7 Å². The predicted molar refractivity (Wildman–Crippen MR) is 113 cm³/mol. The lowest BCUT2D eigenvalue weighted by Crippen LogP contribution is -2.33. The van der Waals surface area contributed by atoms with E-state index in [9.17, 15) is 14.4 Å². The molecule has 6 nitrogen and oxygen atoms in total. The van der Waals surface area contributed by atoms with Gasteiger partial charge in [0.25, 0.3) is 0 Å². The number of carbonyl (C=O) groups excluding carboxylic acids is 3. The Kier molecular flexibility index (Phi) is 4.85. The maximum absolute atomic E-state index is 12.7. The molecule has 2 fully saturated rings. The fourth-order valence-corrected chi connectivity index (χ4v) is 5.29. The summed E-state index contributed by atoms with van der Waals surface area (Å²) in [6.45, 7) is 0.476. The average Bonchev–Trinajstić information content (AvgIpc) is 3.43. The molecule has 1 aliphatic heterocycles. The van der Waals surface area contributed by atoms with E-state index < -0.39 is 0 Å². The zero-order chi connectivity index (χ0) is 20.7. The fourth-order valence-electron chi connectivity index (χ4n) is 5.29. The van der Waals surface area contributed by atoms with E-state index >= 15 is 0 Å². The van der Waals surface area contributed by atoms with Gasteiger partial charge in [-0.2, -0.15) is 0 Å². The van der Waals surface area contributed by atoms with Crippen molar-refractivity contribution >= 4 is 34.3 Å². The Labute approximate surface area is 175 Å². The predicted octanol–water partition coefficient (Wildman–Crippen LogP) is 3.54. The monoisotopic (exact) mass is 403 g/mol. The Hall–Kier alpha value is -3.02. The molecule has 4 atom stereocenters. The van der Waals surface area contributed by atoms with Crippen LogP contribution in [0.3, 0.4) is 0 Å². The summed E-state index contributed by atoms with van der Waals surface area (Å²) < 4.78 is 0. The third-order valence-corrected chi connectivity index (χ3v) is 6.73. The van der Waals surface area contributed by atoms with Crippen molar-refractivity contribution in [2.45, 2.75) is 32.1 Å². The summed E-state index contributed by atoms with van der Waals surface area (Å²) in [4.78, 5) is 43.3. The number of allylic oxidation sites excluding steroid dienone is 2. The molecule has 154 valence electrons. The Morgan fingerprint density at radius 3 is 2.57 bits per heavy atom. The van der Waals surface area contributed by atoms with Crippen molar-refractivity contribution in [1.82, 2.24) is 9.88 Å². The van der Waals surface area contributed by atoms with Gasteiger partial charge in [0.05, 0.1) is 17.4 Å². The van der Waals surface area contributed by atoms with Gasteiger partial charge < -0.3 is 5.32 Å². The largest absolute Gasteiger partial charge is 0.326 e. The summed E-state index contributed by atoms with van der Waals surface area (Å²) in [6.07, 6.45) is 9.65. The highest BCUT2D eigenvalue weighted by atomic mass is 16.2. The second-order valence-electron chi connectivity index (χ2n) is 8.60. The molecule has 6 heteroatoms. The molecule has 1 aromatic carbocycles. The SMILES string of the molecule is O=C(CCCCCN1C(=O)[C@@H]2[C@@H](C1=O)[C@H]1C=C[C@H]2C1)Nc1ccc2ncccc2c1. The van der Waals surface area contributed by atoms with Crippen molar-refractivity contribution in [3.8, 4) is 0 Å². The number of unbranched alkanes of at least 4 members (excludes halogenated alkanes) is 2. The molecule has 0 unspecified atom stereocenters. The summed E-state index contributed by atoms with van der Waals surface area (Å²) >= 11 is 0. The first kappa shape index (κ1) is 19.0. The summed E-state index contributed by atoms with van der Waals surface area (Å²) in [6, 6.07) is 9.51. The van der Waals surface area contributed by atoms with Crippen molar-refractivity contribution < 1.29 is 14.4 Å². The van der Waals surface area contributed by atoms with Crippen molar-refractivity contribution in [3.63, 3.8) is 0 Å². The number of anilines is 1. The number of imide groups is 1. The molecule has 2 aliphatic carbocycles. The average molecular weight is 403 g/mol. The summed E-state index contributed by atoms with van der Waals surface area (Å²) in [5, 5.41) is 3.92. The lowest BCUT2D eigenvalue weighted by molar-refractivity contribution is -0.140. The molecule has 1 N–H and O–H groups in total. The van der Waals surface area contributed by atoms with E-state index in [0.717, 1.165) is 42.3 Å². The van der Waals surface area contributed by atoms with E-state index in [2.05, 4.69) is 22.5 Å². The lowest BCUT2D eigenvalue weighted by Gasteiger charge is -2.17. The molecule has 3 amide bonds. The van der Waals surface area contributed by atoms with Crippen LogP contribution in [-0.4, -0.2) is 34.2 Å². The highest BCUT2D eigenvalue weighted by Crippen LogP contribution is 2.52. The van der Waals surface area contributed by atoms with E-state index in [1.165, 1.54) is 4.90 Å². The number of amides is 3. The van der Waals surface area contributed by atoms with Crippen LogP contribution in [0.4, 0.5) is 5.69 Å². The van der Waals surface area contributed by atoms with Crippen LogP contribution in [0.5, 0.6) is 0 Å². The molecule has 1 saturated heterocycles. The number of pyridine rings is 1. The quantitative estimate of drug-likeness (QED) is 0.436. The van der Waals surface area contributed by atoms with Gasteiger partial charge in [-0.05, 0) is 55.4 Å². The zero-order valence-corrected chi connectivity index (χ0v) is 16.8. The number of nitrogens with one attached hydrogen (secondary N) is 1. The molecule has 1 saturated carbocycles. The van der Waals surface area contributed by atoms with E-state index in [0.29, 0.717) is 13.0 Å². The van der Waals surface area contributed by atoms with Gasteiger partial charge in [-0.1, -0.05) is 24.6 Å². The minimum atomic E-state index is -0.115. The molecule has 30 heavy (non-hydrogen) atoms. The van der Waals surface area contributed by atoms with Crippen LogP contribution in [0.2, 0.25) is 0 Å². The van der Waals surface area contributed by atoms with Gasteiger partial charge in [-0.25, -0.2) is 0 Å². The molecule has 0 radical (unpaired) electrons. The molecule has 1 aromatic heterocycles. The second-order valence-corrected chi connectivity index (χ2v) is 8.60. The van der Waals surface area contributed by atoms with Crippen LogP contribution in [0, 0.1) is 23.7 Å². The Balaban J connectivity index is 1.06. The Morgan fingerprint density at radius 1 is 1.03 bits per heavy atom. The van der Waals surface area contributed by atoms with Crippen molar-refractivity contribution in [3.05, 3.63) is 48.7 Å². The highest BCUT2D eigenvalue weighted by molar-refractivity contribution is 6.06. The number of hydrogen-bond donors (Lipinski definition) is 1. The van der Waals surface area contributed by atoms with E-state index in [4.69, 9.17) is 0 Å². The lowest BCUT2D eigenvalue weighted by atomic mass is 9.85. The second kappa shape index (κ2) is 7.67. The molecule has 2 aromatic rings. The van der Waals surface area contributed by atoms with Crippen molar-refractivity contribution in [2.75, 3.05) is 11.9 Å². The van der Waals surface area contributed by atoms with Crippen LogP contribution in [-0.2, 0) is 14.4 Å². The number of benzene rings is 1. The van der Waals surface area contributed by atoms with Gasteiger partial charge in [0.2, 0.25) is 17.7 Å². The van der Waals surface area contributed by atoms with Crippen LogP contribution in [0.15, 0.2) is 48.7 Å². The van der Waals surface area contributed by atoms with Gasteiger partial charge in [-0.3, -0.25) is 24.3 Å². The first-order valence-corrected chi connectivity index (χ1v) is 10.8. The molecule has 2 heterocycles. The van der Waals surface area contributed by atoms with Gasteiger partial charge in [0, 0.05) is 30.2 Å². The minimum Gasteiger partial charge on any atom is -0.326 e. The number of fused-ring (bicyclic) bond motifs is 6. The Morgan fingerprint density at radius 2 is 1.80 bits per heavy atom. The number of nitrogens with zero attached hydrogens (tertiary/aromatic N) is 2. The topological polar surface area (TPSA) is 79.4 Å². The highest BCUT2D eigenvalue weighted by Gasteiger charge is 2.58. The van der Waals surface area contributed by atoms with Crippen LogP contribution in [0.1, 0.15) is 32.1 Å². The standard InChI is InChI=1S/C24H25N3O3/c28-20(26-18-9-10-19-15(14-18)5-4-11-25-19)6-2-1-3-12-27-23(29)21-16-7-8-17(13-16)22(21)24(27)30/h4-5,7-11,14,16-17,21-22H,1-3,6,12-13H2,(H,26,28)/t16-,17-,21-,22-/m0/s1.